The second-order valence-electron chi connectivity index (χ2n) is 7.24. The zero-order valence-corrected chi connectivity index (χ0v) is 17.0. The van der Waals surface area contributed by atoms with Crippen LogP contribution in [0.3, 0.4) is 0 Å². The van der Waals surface area contributed by atoms with Gasteiger partial charge in [0.25, 0.3) is 0 Å². The van der Waals surface area contributed by atoms with Gasteiger partial charge in [-0.3, -0.25) is 4.79 Å². The van der Waals surface area contributed by atoms with E-state index < -0.39 is 0 Å². The van der Waals surface area contributed by atoms with Crippen LogP contribution >= 0.6 is 11.3 Å². The van der Waals surface area contributed by atoms with E-state index in [4.69, 9.17) is 4.74 Å². The predicted molar refractivity (Wildman–Crippen MR) is 115 cm³/mol. The number of methoxy groups -OCH3 is 1. The van der Waals surface area contributed by atoms with Gasteiger partial charge in [-0.25, -0.2) is 4.98 Å². The molecule has 6 heteroatoms. The third-order valence-corrected chi connectivity index (χ3v) is 6.40. The highest BCUT2D eigenvalue weighted by molar-refractivity contribution is 7.13. The molecule has 4 aromatic rings. The zero-order chi connectivity index (χ0) is 19.8. The van der Waals surface area contributed by atoms with Gasteiger partial charge in [-0.2, -0.15) is 0 Å². The van der Waals surface area contributed by atoms with Crippen LogP contribution in [0.25, 0.3) is 21.5 Å². The number of nitrogens with one attached hydrogen (secondary N) is 1. The third-order valence-electron chi connectivity index (χ3n) is 5.46. The van der Waals surface area contributed by atoms with Gasteiger partial charge in [-0.15, -0.1) is 11.3 Å². The Morgan fingerprint density at radius 3 is 2.86 bits per heavy atom. The number of hydrogen-bond acceptors (Lipinski definition) is 4. The highest BCUT2D eigenvalue weighted by atomic mass is 32.1. The van der Waals surface area contributed by atoms with Gasteiger partial charge in [0.15, 0.2) is 0 Å². The Labute approximate surface area is 173 Å². The maximum atomic E-state index is 12.9. The zero-order valence-electron chi connectivity index (χ0n) is 16.1. The molecule has 1 aliphatic rings. The Morgan fingerprint density at radius 2 is 2.03 bits per heavy atom. The number of ether oxygens (including phenoxy) is 1. The number of nitrogens with zero attached hydrogens (tertiary/aromatic N) is 2. The largest absolute Gasteiger partial charge is 0.497 e. The van der Waals surface area contributed by atoms with Gasteiger partial charge in [-0.05, 0) is 30.3 Å². The van der Waals surface area contributed by atoms with Gasteiger partial charge in [0.05, 0.1) is 19.2 Å². The summed E-state index contributed by atoms with van der Waals surface area (Å²) in [6, 6.07) is 16.1. The molecule has 0 aliphatic carbocycles. The van der Waals surface area contributed by atoms with Crippen molar-refractivity contribution in [2.24, 2.45) is 0 Å². The number of aromatic amines is 1. The van der Waals surface area contributed by atoms with Crippen LogP contribution in [0.4, 0.5) is 0 Å². The van der Waals surface area contributed by atoms with Crippen LogP contribution in [0.15, 0.2) is 53.9 Å². The number of H-pyrrole nitrogens is 1. The molecule has 0 atom stereocenters. The molecule has 2 aromatic heterocycles. The van der Waals surface area contributed by atoms with E-state index >= 15 is 0 Å². The summed E-state index contributed by atoms with van der Waals surface area (Å²) in [5.74, 6) is 0.954. The van der Waals surface area contributed by atoms with E-state index in [-0.39, 0.29) is 5.91 Å². The van der Waals surface area contributed by atoms with Crippen molar-refractivity contribution in [1.29, 1.82) is 0 Å². The fourth-order valence-electron chi connectivity index (χ4n) is 3.90. The van der Waals surface area contributed by atoms with E-state index in [1.54, 1.807) is 18.4 Å². The van der Waals surface area contributed by atoms with E-state index in [0.717, 1.165) is 40.5 Å². The lowest BCUT2D eigenvalue weighted by Crippen LogP contribution is -2.36. The van der Waals surface area contributed by atoms with Crippen molar-refractivity contribution >= 4 is 28.1 Å². The smallest absolute Gasteiger partial charge is 0.228 e. The standard InChI is InChI=1S/C23H21N3O2S/c1-28-17-8-6-15(7-9-17)23-24-16(14-29-23)12-22(27)26-11-10-21-19(13-26)18-4-2-3-5-20(18)25-21/h2-9,14,25H,10-13H2,1H3. The molecule has 3 heterocycles. The van der Waals surface area contributed by atoms with Crippen molar-refractivity contribution in [1.82, 2.24) is 14.9 Å². The van der Waals surface area contributed by atoms with E-state index in [2.05, 4.69) is 22.1 Å². The number of hydrogen-bond donors (Lipinski definition) is 1. The monoisotopic (exact) mass is 403 g/mol. The molecule has 1 aliphatic heterocycles. The highest BCUT2D eigenvalue weighted by Crippen LogP contribution is 2.29. The molecule has 1 amide bonds. The summed E-state index contributed by atoms with van der Waals surface area (Å²) in [5, 5.41) is 4.13. The van der Waals surface area contributed by atoms with Crippen LogP contribution in [0.5, 0.6) is 5.75 Å². The number of thiazole rings is 1. The lowest BCUT2D eigenvalue weighted by molar-refractivity contribution is -0.131. The lowest BCUT2D eigenvalue weighted by atomic mass is 10.0. The number of amides is 1. The number of aromatic nitrogens is 2. The van der Waals surface area contributed by atoms with Gasteiger partial charge in [-0.1, -0.05) is 18.2 Å². The predicted octanol–water partition coefficient (Wildman–Crippen LogP) is 4.43. The molecule has 0 radical (unpaired) electrons. The van der Waals surface area contributed by atoms with E-state index in [9.17, 15) is 4.79 Å². The van der Waals surface area contributed by atoms with Crippen LogP contribution in [0.1, 0.15) is 17.0 Å². The van der Waals surface area contributed by atoms with Crippen molar-refractivity contribution in [2.75, 3.05) is 13.7 Å². The normalized spacial score (nSPS) is 13.5. The van der Waals surface area contributed by atoms with Gasteiger partial charge in [0, 0.05) is 52.6 Å². The van der Waals surface area contributed by atoms with Crippen LogP contribution in [-0.2, 0) is 24.2 Å². The quantitative estimate of drug-likeness (QED) is 0.548. The molecule has 146 valence electrons. The molecule has 5 rings (SSSR count). The minimum atomic E-state index is 0.132. The first-order chi connectivity index (χ1) is 14.2. The van der Waals surface area contributed by atoms with Gasteiger partial charge in [0.1, 0.15) is 10.8 Å². The van der Waals surface area contributed by atoms with E-state index in [1.165, 1.54) is 16.6 Å². The summed E-state index contributed by atoms with van der Waals surface area (Å²) in [5.41, 5.74) is 5.52. The number of fused-ring (bicyclic) bond motifs is 3. The molecule has 0 unspecified atom stereocenters. The molecule has 5 nitrogen and oxygen atoms in total. The SMILES string of the molecule is COc1ccc(-c2nc(CC(=O)N3CCc4[nH]c5ccccc5c4C3)cs2)cc1. The fourth-order valence-corrected chi connectivity index (χ4v) is 4.73. The van der Waals surface area contributed by atoms with Crippen molar-refractivity contribution in [3.8, 4) is 16.3 Å². The summed E-state index contributed by atoms with van der Waals surface area (Å²) in [6.45, 7) is 1.40. The molecule has 0 saturated carbocycles. The van der Waals surface area contributed by atoms with Gasteiger partial charge >= 0.3 is 0 Å². The van der Waals surface area contributed by atoms with Crippen molar-refractivity contribution in [3.05, 3.63) is 70.9 Å². The molecular weight excluding hydrogens is 382 g/mol. The van der Waals surface area contributed by atoms with E-state index in [0.29, 0.717) is 13.0 Å². The minimum Gasteiger partial charge on any atom is -0.497 e. The Hall–Kier alpha value is -3.12. The summed E-state index contributed by atoms with van der Waals surface area (Å²) < 4.78 is 5.21. The van der Waals surface area contributed by atoms with Crippen molar-refractivity contribution in [3.63, 3.8) is 0 Å². The number of benzene rings is 2. The Morgan fingerprint density at radius 1 is 1.21 bits per heavy atom. The minimum absolute atomic E-state index is 0.132. The maximum absolute atomic E-state index is 12.9. The molecule has 0 bridgehead atoms. The summed E-state index contributed by atoms with van der Waals surface area (Å²) in [4.78, 5) is 23.1. The summed E-state index contributed by atoms with van der Waals surface area (Å²) in [7, 11) is 1.65. The first-order valence-corrected chi connectivity index (χ1v) is 10.5. The third kappa shape index (κ3) is 3.40. The number of carbonyl (C=O) groups excluding carboxylic acids is 1. The van der Waals surface area contributed by atoms with Crippen molar-refractivity contribution < 1.29 is 9.53 Å². The molecule has 0 saturated heterocycles. The molecule has 0 spiro atoms. The average Bonchev–Trinajstić information content (AvgIpc) is 3.38. The molecule has 1 N–H and O–H groups in total. The van der Waals surface area contributed by atoms with Gasteiger partial charge < -0.3 is 14.6 Å². The first-order valence-electron chi connectivity index (χ1n) is 9.66. The Bertz CT molecular complexity index is 1180. The summed E-state index contributed by atoms with van der Waals surface area (Å²) in [6.07, 6.45) is 1.20. The first kappa shape index (κ1) is 17.9. The fraction of sp³-hybridized carbons (Fsp3) is 0.217. The molecule has 29 heavy (non-hydrogen) atoms. The lowest BCUT2D eigenvalue weighted by Gasteiger charge is -2.27. The average molecular weight is 404 g/mol. The van der Waals surface area contributed by atoms with Crippen LogP contribution < -0.4 is 4.74 Å². The summed E-state index contributed by atoms with van der Waals surface area (Å²) >= 11 is 1.57. The van der Waals surface area contributed by atoms with E-state index in [1.807, 2.05) is 46.7 Å². The van der Waals surface area contributed by atoms with Crippen LogP contribution in [0.2, 0.25) is 0 Å². The highest BCUT2D eigenvalue weighted by Gasteiger charge is 2.24. The van der Waals surface area contributed by atoms with Crippen LogP contribution in [-0.4, -0.2) is 34.4 Å². The molecular formula is C23H21N3O2S. The number of para-hydroxylation sites is 1. The second kappa shape index (κ2) is 7.37. The number of rotatable bonds is 4. The van der Waals surface area contributed by atoms with Crippen LogP contribution in [0, 0.1) is 0 Å². The topological polar surface area (TPSA) is 58.2 Å². The van der Waals surface area contributed by atoms with Crippen molar-refractivity contribution in [2.45, 2.75) is 19.4 Å². The molecule has 2 aromatic carbocycles. The van der Waals surface area contributed by atoms with Gasteiger partial charge in [0.2, 0.25) is 5.91 Å². The maximum Gasteiger partial charge on any atom is 0.228 e. The Balaban J connectivity index is 1.30. The number of carbonyl (C=O) groups is 1. The Kier molecular flexibility index (Phi) is 4.56. The second-order valence-corrected chi connectivity index (χ2v) is 8.10. The molecule has 0 fully saturated rings.